The van der Waals surface area contributed by atoms with E-state index < -0.39 is 0 Å². The molecule has 2 aromatic heterocycles. The van der Waals surface area contributed by atoms with Crippen LogP contribution in [0.5, 0.6) is 0 Å². The molecule has 0 bridgehead atoms. The molecule has 2 aromatic rings. The van der Waals surface area contributed by atoms with E-state index in [1.807, 2.05) is 0 Å². The first-order valence-electron chi connectivity index (χ1n) is 7.59. The van der Waals surface area contributed by atoms with Crippen LogP contribution in [0.2, 0.25) is 0 Å². The van der Waals surface area contributed by atoms with Gasteiger partial charge in [0.2, 0.25) is 0 Å². The molecule has 0 spiro atoms. The van der Waals surface area contributed by atoms with Crippen LogP contribution in [0.1, 0.15) is 32.5 Å². The van der Waals surface area contributed by atoms with Gasteiger partial charge in [-0.15, -0.1) is 11.3 Å². The van der Waals surface area contributed by atoms with Gasteiger partial charge in [-0.05, 0) is 30.8 Å². The van der Waals surface area contributed by atoms with Crippen molar-refractivity contribution in [2.45, 2.75) is 33.2 Å². The Balaban J connectivity index is 2.18. The van der Waals surface area contributed by atoms with Gasteiger partial charge in [-0.25, -0.2) is 9.97 Å². The van der Waals surface area contributed by atoms with Gasteiger partial charge in [0.1, 0.15) is 16.5 Å². The van der Waals surface area contributed by atoms with Crippen molar-refractivity contribution in [1.29, 1.82) is 0 Å². The van der Waals surface area contributed by atoms with Gasteiger partial charge in [0.25, 0.3) is 0 Å². The van der Waals surface area contributed by atoms with Crippen molar-refractivity contribution in [2.24, 2.45) is 0 Å². The van der Waals surface area contributed by atoms with Gasteiger partial charge in [-0.1, -0.05) is 13.8 Å². The van der Waals surface area contributed by atoms with Gasteiger partial charge in [0, 0.05) is 19.7 Å². The smallest absolute Gasteiger partial charge is 0.146 e. The Bertz CT molecular complexity index is 558. The predicted molar refractivity (Wildman–Crippen MR) is 88.8 cm³/mol. The molecule has 2 rings (SSSR count). The summed E-state index contributed by atoms with van der Waals surface area (Å²) in [5, 5.41) is 15.5. The zero-order chi connectivity index (χ0) is 15.1. The van der Waals surface area contributed by atoms with Crippen molar-refractivity contribution in [3.05, 3.63) is 17.3 Å². The number of aromatic nitrogens is 2. The molecule has 0 unspecified atom stereocenters. The lowest BCUT2D eigenvalue weighted by Gasteiger charge is -2.19. The second-order valence-electron chi connectivity index (χ2n) is 5.00. The lowest BCUT2D eigenvalue weighted by molar-refractivity contribution is 0.222. The maximum Gasteiger partial charge on any atom is 0.146 e. The highest BCUT2D eigenvalue weighted by Crippen LogP contribution is 2.25. The summed E-state index contributed by atoms with van der Waals surface area (Å²) in [6, 6.07) is 2.07. The molecular weight excluding hydrogens is 284 g/mol. The van der Waals surface area contributed by atoms with Crippen LogP contribution in [0.3, 0.4) is 0 Å². The summed E-state index contributed by atoms with van der Waals surface area (Å²) >= 11 is 1.65. The van der Waals surface area contributed by atoms with E-state index in [9.17, 15) is 0 Å². The Morgan fingerprint density at radius 2 is 2.19 bits per heavy atom. The quantitative estimate of drug-likeness (QED) is 0.746. The number of aliphatic hydroxyl groups excluding tert-OH is 1. The third-order valence-corrected chi connectivity index (χ3v) is 4.17. The van der Waals surface area contributed by atoms with Gasteiger partial charge in [0.15, 0.2) is 0 Å². The van der Waals surface area contributed by atoms with E-state index in [0.29, 0.717) is 0 Å². The fourth-order valence-corrected chi connectivity index (χ4v) is 2.97. The molecule has 2 N–H and O–H groups in total. The number of thiophene rings is 1. The number of rotatable bonds is 9. The minimum absolute atomic E-state index is 0.227. The van der Waals surface area contributed by atoms with E-state index in [1.54, 1.807) is 11.3 Å². The number of fused-ring (bicyclic) bond motifs is 1. The molecule has 0 aliphatic heterocycles. The highest BCUT2D eigenvalue weighted by atomic mass is 32.1. The van der Waals surface area contributed by atoms with Gasteiger partial charge in [-0.2, -0.15) is 0 Å². The van der Waals surface area contributed by atoms with Crippen LogP contribution in [-0.2, 0) is 6.54 Å². The zero-order valence-corrected chi connectivity index (χ0v) is 13.6. The zero-order valence-electron chi connectivity index (χ0n) is 12.8. The Labute approximate surface area is 130 Å². The summed E-state index contributed by atoms with van der Waals surface area (Å²) in [5.41, 5.74) is 0. The van der Waals surface area contributed by atoms with E-state index >= 15 is 0 Å². The molecule has 0 aliphatic carbocycles. The molecule has 0 saturated heterocycles. The average Bonchev–Trinajstić information content (AvgIpc) is 2.97. The van der Waals surface area contributed by atoms with Gasteiger partial charge in [0.05, 0.1) is 11.9 Å². The molecular formula is C15H24N4OS. The van der Waals surface area contributed by atoms with Crippen molar-refractivity contribution in [3.8, 4) is 0 Å². The summed E-state index contributed by atoms with van der Waals surface area (Å²) < 4.78 is 0. The first-order valence-corrected chi connectivity index (χ1v) is 8.47. The molecule has 0 fully saturated rings. The van der Waals surface area contributed by atoms with Gasteiger partial charge < -0.3 is 10.4 Å². The van der Waals surface area contributed by atoms with E-state index in [4.69, 9.17) is 5.11 Å². The molecule has 0 aromatic carbocycles. The number of hydrogen-bond acceptors (Lipinski definition) is 6. The number of anilines is 1. The second-order valence-corrected chi connectivity index (χ2v) is 5.90. The van der Waals surface area contributed by atoms with Gasteiger partial charge in [-0.3, -0.25) is 4.90 Å². The standard InChI is InChI=1S/C15H24N4OS/c1-3-7-16-14-12-6-10-21-15(12)18-13(17-14)11-19(4-2)8-5-9-20/h6,10,20H,3-5,7-9,11H2,1-2H3,(H,16,17,18). The van der Waals surface area contributed by atoms with Crippen LogP contribution in [-0.4, -0.2) is 46.2 Å². The van der Waals surface area contributed by atoms with Crippen LogP contribution >= 0.6 is 11.3 Å². The molecule has 116 valence electrons. The molecule has 0 radical (unpaired) electrons. The fraction of sp³-hybridized carbons (Fsp3) is 0.600. The first-order chi connectivity index (χ1) is 10.3. The number of nitrogens with one attached hydrogen (secondary N) is 1. The third-order valence-electron chi connectivity index (χ3n) is 3.36. The summed E-state index contributed by atoms with van der Waals surface area (Å²) in [5.74, 6) is 1.79. The predicted octanol–water partition coefficient (Wildman–Crippen LogP) is 2.72. The van der Waals surface area contributed by atoms with Crippen LogP contribution in [0.4, 0.5) is 5.82 Å². The van der Waals surface area contributed by atoms with Crippen LogP contribution < -0.4 is 5.32 Å². The SMILES string of the molecule is CCCNc1nc(CN(CC)CCCO)nc2sccc12. The normalized spacial score (nSPS) is 11.4. The summed E-state index contributed by atoms with van der Waals surface area (Å²) in [4.78, 5) is 12.6. The van der Waals surface area contributed by atoms with E-state index in [2.05, 4.69) is 45.5 Å². The van der Waals surface area contributed by atoms with Crippen molar-refractivity contribution in [1.82, 2.24) is 14.9 Å². The molecule has 0 atom stereocenters. The van der Waals surface area contributed by atoms with Crippen molar-refractivity contribution >= 4 is 27.4 Å². The maximum atomic E-state index is 8.97. The molecule has 2 heterocycles. The fourth-order valence-electron chi connectivity index (χ4n) is 2.19. The largest absolute Gasteiger partial charge is 0.396 e. The molecule has 21 heavy (non-hydrogen) atoms. The number of nitrogens with zero attached hydrogens (tertiary/aromatic N) is 3. The van der Waals surface area contributed by atoms with Crippen LogP contribution in [0, 0.1) is 0 Å². The molecule has 0 saturated carbocycles. The molecule has 5 nitrogen and oxygen atoms in total. The van der Waals surface area contributed by atoms with Crippen LogP contribution in [0.25, 0.3) is 10.2 Å². The van der Waals surface area contributed by atoms with E-state index in [0.717, 1.165) is 60.9 Å². The second kappa shape index (κ2) is 8.26. The number of aliphatic hydroxyl groups is 1. The summed E-state index contributed by atoms with van der Waals surface area (Å²) in [7, 11) is 0. The molecule has 6 heteroatoms. The van der Waals surface area contributed by atoms with Crippen molar-refractivity contribution < 1.29 is 5.11 Å². The Morgan fingerprint density at radius 3 is 2.90 bits per heavy atom. The minimum Gasteiger partial charge on any atom is -0.396 e. The lowest BCUT2D eigenvalue weighted by atomic mass is 10.3. The first kappa shape index (κ1) is 16.1. The monoisotopic (exact) mass is 308 g/mol. The van der Waals surface area contributed by atoms with E-state index in [1.165, 1.54) is 0 Å². The average molecular weight is 308 g/mol. The highest BCUT2D eigenvalue weighted by molar-refractivity contribution is 7.16. The topological polar surface area (TPSA) is 61.3 Å². The maximum absolute atomic E-state index is 8.97. The van der Waals surface area contributed by atoms with Crippen LogP contribution in [0.15, 0.2) is 11.4 Å². The van der Waals surface area contributed by atoms with E-state index in [-0.39, 0.29) is 6.61 Å². The van der Waals surface area contributed by atoms with Crippen molar-refractivity contribution in [3.63, 3.8) is 0 Å². The lowest BCUT2D eigenvalue weighted by Crippen LogP contribution is -2.26. The Morgan fingerprint density at radius 1 is 1.33 bits per heavy atom. The van der Waals surface area contributed by atoms with Crippen molar-refractivity contribution in [2.75, 3.05) is 31.6 Å². The number of hydrogen-bond donors (Lipinski definition) is 2. The summed E-state index contributed by atoms with van der Waals surface area (Å²) in [6.45, 7) is 7.95. The molecule has 0 amide bonds. The molecule has 0 aliphatic rings. The Hall–Kier alpha value is -1.24. The third kappa shape index (κ3) is 4.36. The highest BCUT2D eigenvalue weighted by Gasteiger charge is 2.11. The van der Waals surface area contributed by atoms with Gasteiger partial charge >= 0.3 is 0 Å². The summed E-state index contributed by atoms with van der Waals surface area (Å²) in [6.07, 6.45) is 1.86. The minimum atomic E-state index is 0.227. The Kier molecular flexibility index (Phi) is 6.35.